The van der Waals surface area contributed by atoms with Gasteiger partial charge in [-0.25, -0.2) is 0 Å². The first-order valence-electron chi connectivity index (χ1n) is 6.25. The van der Waals surface area contributed by atoms with Crippen molar-refractivity contribution in [2.75, 3.05) is 13.7 Å². The lowest BCUT2D eigenvalue weighted by molar-refractivity contribution is -0.117. The lowest BCUT2D eigenvalue weighted by Crippen LogP contribution is -2.26. The number of para-hydroxylation sites is 1. The molecular weight excluding hydrogens is 226 g/mol. The molecule has 1 N–H and O–H groups in total. The minimum absolute atomic E-state index is 0.00625. The molecule has 0 heterocycles. The number of rotatable bonds is 6. The first-order valence-corrected chi connectivity index (χ1v) is 6.25. The summed E-state index contributed by atoms with van der Waals surface area (Å²) in [5.41, 5.74) is 1.88. The van der Waals surface area contributed by atoms with Crippen molar-refractivity contribution >= 4 is 5.91 Å². The largest absolute Gasteiger partial charge is 0.496 e. The van der Waals surface area contributed by atoms with Crippen LogP contribution in [0.5, 0.6) is 5.75 Å². The van der Waals surface area contributed by atoms with Gasteiger partial charge >= 0.3 is 0 Å². The molecule has 1 aromatic rings. The minimum Gasteiger partial charge on any atom is -0.496 e. The molecule has 0 unspecified atom stereocenters. The molecule has 0 aliphatic heterocycles. The van der Waals surface area contributed by atoms with Crippen LogP contribution in [0.25, 0.3) is 0 Å². The van der Waals surface area contributed by atoms with Crippen molar-refractivity contribution in [3.8, 4) is 5.75 Å². The third-order valence-electron chi connectivity index (χ3n) is 2.74. The Morgan fingerprint density at radius 2 is 2.11 bits per heavy atom. The van der Waals surface area contributed by atoms with Crippen LogP contribution in [0.1, 0.15) is 25.8 Å². The van der Waals surface area contributed by atoms with Gasteiger partial charge in [0.1, 0.15) is 5.75 Å². The van der Waals surface area contributed by atoms with Crippen molar-refractivity contribution in [1.29, 1.82) is 0 Å². The van der Waals surface area contributed by atoms with Gasteiger partial charge in [-0.1, -0.05) is 31.2 Å². The van der Waals surface area contributed by atoms with Gasteiger partial charge in [0.15, 0.2) is 0 Å². The van der Waals surface area contributed by atoms with Gasteiger partial charge in [0.2, 0.25) is 5.91 Å². The van der Waals surface area contributed by atoms with Gasteiger partial charge in [0, 0.05) is 12.1 Å². The average molecular weight is 247 g/mol. The Morgan fingerprint density at radius 3 is 2.78 bits per heavy atom. The molecule has 0 atom stereocenters. The van der Waals surface area contributed by atoms with E-state index in [-0.39, 0.29) is 5.91 Å². The van der Waals surface area contributed by atoms with Gasteiger partial charge < -0.3 is 10.1 Å². The van der Waals surface area contributed by atoms with E-state index in [1.807, 2.05) is 44.2 Å². The van der Waals surface area contributed by atoms with Crippen LogP contribution in [0.4, 0.5) is 0 Å². The number of hydrogen-bond acceptors (Lipinski definition) is 2. The van der Waals surface area contributed by atoms with Crippen molar-refractivity contribution in [3.05, 3.63) is 41.5 Å². The third kappa shape index (κ3) is 4.24. The van der Waals surface area contributed by atoms with E-state index >= 15 is 0 Å². The number of allylic oxidation sites excluding steroid dienone is 1. The molecule has 0 aliphatic carbocycles. The maximum atomic E-state index is 11.7. The lowest BCUT2D eigenvalue weighted by atomic mass is 10.1. The molecule has 1 rings (SSSR count). The van der Waals surface area contributed by atoms with Gasteiger partial charge in [-0.05, 0) is 31.4 Å². The number of benzene rings is 1. The molecule has 3 nitrogen and oxygen atoms in total. The molecule has 1 amide bonds. The second-order valence-corrected chi connectivity index (χ2v) is 4.11. The highest BCUT2D eigenvalue weighted by molar-refractivity contribution is 5.92. The Kier molecular flexibility index (Phi) is 5.98. The molecule has 0 aliphatic rings. The molecule has 3 heteroatoms. The second kappa shape index (κ2) is 7.54. The number of hydrogen-bond donors (Lipinski definition) is 1. The topological polar surface area (TPSA) is 38.3 Å². The van der Waals surface area contributed by atoms with Crippen molar-refractivity contribution in [3.63, 3.8) is 0 Å². The van der Waals surface area contributed by atoms with Gasteiger partial charge in [0.05, 0.1) is 7.11 Å². The standard InChI is InChI=1S/C15H21NO2/c1-4-7-12(2)15(17)16-11-10-13-8-5-6-9-14(13)18-3/h5-9H,4,10-11H2,1-3H3,(H,16,17)/b12-7+. The fourth-order valence-corrected chi connectivity index (χ4v) is 1.76. The Balaban J connectivity index is 2.47. The van der Waals surface area contributed by atoms with E-state index in [1.54, 1.807) is 7.11 Å². The molecule has 0 saturated heterocycles. The fraction of sp³-hybridized carbons (Fsp3) is 0.400. The monoisotopic (exact) mass is 247 g/mol. The lowest BCUT2D eigenvalue weighted by Gasteiger charge is -2.09. The summed E-state index contributed by atoms with van der Waals surface area (Å²) >= 11 is 0. The van der Waals surface area contributed by atoms with E-state index in [4.69, 9.17) is 4.74 Å². The quantitative estimate of drug-likeness (QED) is 0.785. The van der Waals surface area contributed by atoms with Crippen LogP contribution in [0.3, 0.4) is 0 Å². The maximum Gasteiger partial charge on any atom is 0.246 e. The molecule has 98 valence electrons. The third-order valence-corrected chi connectivity index (χ3v) is 2.74. The molecule has 0 bridgehead atoms. The van der Waals surface area contributed by atoms with Gasteiger partial charge in [-0.2, -0.15) is 0 Å². The summed E-state index contributed by atoms with van der Waals surface area (Å²) in [5, 5.41) is 2.90. The predicted octanol–water partition coefficient (Wildman–Crippen LogP) is 2.71. The molecule has 18 heavy (non-hydrogen) atoms. The summed E-state index contributed by atoms with van der Waals surface area (Å²) in [7, 11) is 1.66. The zero-order valence-electron chi connectivity index (χ0n) is 11.3. The molecular formula is C15H21NO2. The van der Waals surface area contributed by atoms with Crippen LogP contribution in [0.15, 0.2) is 35.9 Å². The first-order chi connectivity index (χ1) is 8.69. The van der Waals surface area contributed by atoms with E-state index in [9.17, 15) is 4.79 Å². The highest BCUT2D eigenvalue weighted by Gasteiger charge is 2.04. The van der Waals surface area contributed by atoms with Crippen LogP contribution in [-0.4, -0.2) is 19.6 Å². The molecule has 1 aromatic carbocycles. The highest BCUT2D eigenvalue weighted by atomic mass is 16.5. The maximum absolute atomic E-state index is 11.7. The van der Waals surface area contributed by atoms with Gasteiger partial charge in [-0.3, -0.25) is 4.79 Å². The van der Waals surface area contributed by atoms with Crippen molar-refractivity contribution in [1.82, 2.24) is 5.32 Å². The molecule has 0 radical (unpaired) electrons. The first kappa shape index (κ1) is 14.3. The van der Waals surface area contributed by atoms with Crippen molar-refractivity contribution in [2.45, 2.75) is 26.7 Å². The Morgan fingerprint density at radius 1 is 1.39 bits per heavy atom. The van der Waals surface area contributed by atoms with Crippen LogP contribution in [0.2, 0.25) is 0 Å². The van der Waals surface area contributed by atoms with Crippen LogP contribution < -0.4 is 10.1 Å². The Bertz CT molecular complexity index is 424. The molecule has 0 spiro atoms. The van der Waals surface area contributed by atoms with E-state index in [2.05, 4.69) is 5.32 Å². The second-order valence-electron chi connectivity index (χ2n) is 4.11. The SMILES string of the molecule is CC/C=C(\C)C(=O)NCCc1ccccc1OC. The summed E-state index contributed by atoms with van der Waals surface area (Å²) in [4.78, 5) is 11.7. The zero-order chi connectivity index (χ0) is 13.4. The van der Waals surface area contributed by atoms with E-state index in [1.165, 1.54) is 0 Å². The normalized spacial score (nSPS) is 11.2. The average Bonchev–Trinajstić information content (AvgIpc) is 2.39. The van der Waals surface area contributed by atoms with Crippen molar-refractivity contribution in [2.24, 2.45) is 0 Å². The van der Waals surface area contributed by atoms with Gasteiger partial charge in [-0.15, -0.1) is 0 Å². The predicted molar refractivity (Wildman–Crippen MR) is 73.8 cm³/mol. The van der Waals surface area contributed by atoms with Crippen LogP contribution in [-0.2, 0) is 11.2 Å². The van der Waals surface area contributed by atoms with E-state index in [0.29, 0.717) is 6.54 Å². The van der Waals surface area contributed by atoms with E-state index < -0.39 is 0 Å². The Hall–Kier alpha value is -1.77. The van der Waals surface area contributed by atoms with Crippen LogP contribution in [0, 0.1) is 0 Å². The minimum atomic E-state index is 0.00625. The smallest absolute Gasteiger partial charge is 0.246 e. The summed E-state index contributed by atoms with van der Waals surface area (Å²) in [6, 6.07) is 7.86. The fourth-order valence-electron chi connectivity index (χ4n) is 1.76. The number of nitrogens with one attached hydrogen (secondary N) is 1. The number of ether oxygens (including phenoxy) is 1. The summed E-state index contributed by atoms with van der Waals surface area (Å²) in [6.45, 7) is 4.47. The molecule has 0 fully saturated rings. The number of methoxy groups -OCH3 is 1. The number of carbonyl (C=O) groups excluding carboxylic acids is 1. The number of amides is 1. The van der Waals surface area contributed by atoms with Gasteiger partial charge in [0.25, 0.3) is 0 Å². The van der Waals surface area contributed by atoms with Crippen molar-refractivity contribution < 1.29 is 9.53 Å². The molecule has 0 saturated carbocycles. The summed E-state index contributed by atoms with van der Waals surface area (Å²) in [5.74, 6) is 0.874. The Labute approximate surface area is 109 Å². The summed E-state index contributed by atoms with van der Waals surface area (Å²) in [6.07, 6.45) is 3.58. The number of carbonyl (C=O) groups is 1. The van der Waals surface area contributed by atoms with Crippen LogP contribution >= 0.6 is 0 Å². The zero-order valence-corrected chi connectivity index (χ0v) is 11.3. The van der Waals surface area contributed by atoms with E-state index in [0.717, 1.165) is 29.7 Å². The molecule has 0 aromatic heterocycles. The summed E-state index contributed by atoms with van der Waals surface area (Å²) < 4.78 is 5.26. The highest BCUT2D eigenvalue weighted by Crippen LogP contribution is 2.17.